The summed E-state index contributed by atoms with van der Waals surface area (Å²) in [5.74, 6) is 1.56. The molecule has 2 aromatic carbocycles. The summed E-state index contributed by atoms with van der Waals surface area (Å²) >= 11 is 0. The van der Waals surface area contributed by atoms with E-state index in [0.717, 1.165) is 41.1 Å². The van der Waals surface area contributed by atoms with Gasteiger partial charge in [-0.2, -0.15) is 0 Å². The summed E-state index contributed by atoms with van der Waals surface area (Å²) in [6, 6.07) is 9.76. The number of amides is 1. The van der Waals surface area contributed by atoms with E-state index < -0.39 is 0 Å². The number of fused-ring (bicyclic) bond motifs is 1. The molecule has 1 aliphatic heterocycles. The van der Waals surface area contributed by atoms with Gasteiger partial charge in [0.05, 0.1) is 20.6 Å². The molecule has 5 heteroatoms. The summed E-state index contributed by atoms with van der Waals surface area (Å²) < 4.78 is 10.7. The van der Waals surface area contributed by atoms with E-state index in [1.54, 1.807) is 14.2 Å². The van der Waals surface area contributed by atoms with Crippen LogP contribution in [0.1, 0.15) is 22.3 Å². The van der Waals surface area contributed by atoms with Crippen molar-refractivity contribution >= 4 is 11.6 Å². The summed E-state index contributed by atoms with van der Waals surface area (Å²) in [7, 11) is 3.26. The maximum Gasteiger partial charge on any atom is 0.227 e. The first-order valence-electron chi connectivity index (χ1n) is 8.38. The number of carbonyl (C=O) groups is 1. The molecule has 0 atom stereocenters. The molecule has 25 heavy (non-hydrogen) atoms. The van der Waals surface area contributed by atoms with Gasteiger partial charge in [-0.05, 0) is 53.8 Å². The largest absolute Gasteiger partial charge is 0.493 e. The lowest BCUT2D eigenvalue weighted by atomic mass is 9.98. The average molecular weight is 340 g/mol. The minimum atomic E-state index is 0.129. The lowest BCUT2D eigenvalue weighted by molar-refractivity contribution is -0.131. The van der Waals surface area contributed by atoms with Crippen molar-refractivity contribution in [2.24, 2.45) is 0 Å². The maximum atomic E-state index is 12.7. The highest BCUT2D eigenvalue weighted by atomic mass is 16.5. The van der Waals surface area contributed by atoms with Crippen molar-refractivity contribution in [2.75, 3.05) is 26.5 Å². The predicted molar refractivity (Wildman–Crippen MR) is 98.0 cm³/mol. The van der Waals surface area contributed by atoms with Gasteiger partial charge in [0, 0.05) is 18.8 Å². The number of methoxy groups -OCH3 is 2. The summed E-state index contributed by atoms with van der Waals surface area (Å²) in [5.41, 5.74) is 10.9. The predicted octanol–water partition coefficient (Wildman–Crippen LogP) is 2.72. The van der Waals surface area contributed by atoms with Gasteiger partial charge in [-0.25, -0.2) is 0 Å². The van der Waals surface area contributed by atoms with Gasteiger partial charge in [0.2, 0.25) is 5.91 Å². The molecule has 0 aliphatic carbocycles. The van der Waals surface area contributed by atoms with Crippen LogP contribution in [-0.4, -0.2) is 31.6 Å². The number of nitrogens with two attached hydrogens (primary N) is 1. The van der Waals surface area contributed by atoms with Gasteiger partial charge in [-0.1, -0.05) is 12.1 Å². The summed E-state index contributed by atoms with van der Waals surface area (Å²) in [6.07, 6.45) is 1.21. The van der Waals surface area contributed by atoms with Crippen LogP contribution in [0.2, 0.25) is 0 Å². The fourth-order valence-electron chi connectivity index (χ4n) is 3.23. The highest BCUT2D eigenvalue weighted by Crippen LogP contribution is 2.33. The Morgan fingerprint density at radius 2 is 1.80 bits per heavy atom. The van der Waals surface area contributed by atoms with Gasteiger partial charge in [0.25, 0.3) is 0 Å². The van der Waals surface area contributed by atoms with Gasteiger partial charge in [-0.15, -0.1) is 0 Å². The quantitative estimate of drug-likeness (QED) is 0.869. The van der Waals surface area contributed by atoms with Crippen LogP contribution in [0.5, 0.6) is 11.5 Å². The van der Waals surface area contributed by atoms with E-state index >= 15 is 0 Å². The third-order valence-electron chi connectivity index (χ3n) is 4.76. The van der Waals surface area contributed by atoms with Crippen molar-refractivity contribution < 1.29 is 14.3 Å². The monoisotopic (exact) mass is 340 g/mol. The van der Waals surface area contributed by atoms with Crippen LogP contribution in [0.4, 0.5) is 5.69 Å². The molecule has 0 unspecified atom stereocenters. The summed E-state index contributed by atoms with van der Waals surface area (Å²) in [6.45, 7) is 3.28. The molecule has 1 heterocycles. The van der Waals surface area contributed by atoms with Crippen LogP contribution < -0.4 is 15.2 Å². The van der Waals surface area contributed by atoms with Crippen molar-refractivity contribution in [1.29, 1.82) is 0 Å². The minimum Gasteiger partial charge on any atom is -0.493 e. The van der Waals surface area contributed by atoms with Crippen molar-refractivity contribution in [1.82, 2.24) is 4.90 Å². The van der Waals surface area contributed by atoms with Crippen LogP contribution in [0.25, 0.3) is 0 Å². The molecule has 0 spiro atoms. The molecular weight excluding hydrogens is 316 g/mol. The molecule has 0 saturated heterocycles. The molecule has 0 saturated carbocycles. The number of carbonyl (C=O) groups excluding carboxylic acids is 1. The number of ether oxygens (including phenoxy) is 2. The molecule has 1 aliphatic rings. The van der Waals surface area contributed by atoms with E-state index in [2.05, 4.69) is 0 Å². The molecule has 2 N–H and O–H groups in total. The highest BCUT2D eigenvalue weighted by Gasteiger charge is 2.23. The van der Waals surface area contributed by atoms with Crippen molar-refractivity contribution in [3.05, 3.63) is 52.6 Å². The second kappa shape index (κ2) is 7.05. The Morgan fingerprint density at radius 3 is 2.44 bits per heavy atom. The lowest BCUT2D eigenvalue weighted by Gasteiger charge is -2.30. The fourth-order valence-corrected chi connectivity index (χ4v) is 3.23. The molecule has 0 bridgehead atoms. The highest BCUT2D eigenvalue weighted by molar-refractivity contribution is 5.79. The maximum absolute atomic E-state index is 12.7. The number of hydrogen-bond acceptors (Lipinski definition) is 4. The van der Waals surface area contributed by atoms with Gasteiger partial charge in [-0.3, -0.25) is 4.79 Å². The van der Waals surface area contributed by atoms with Crippen LogP contribution in [0, 0.1) is 6.92 Å². The van der Waals surface area contributed by atoms with Crippen LogP contribution in [0.15, 0.2) is 30.3 Å². The Kier molecular flexibility index (Phi) is 4.83. The molecule has 132 valence electrons. The number of nitrogen functional groups attached to an aromatic ring is 1. The van der Waals surface area contributed by atoms with E-state index in [1.807, 2.05) is 42.2 Å². The Hall–Kier alpha value is -2.69. The van der Waals surface area contributed by atoms with Crippen LogP contribution in [0.3, 0.4) is 0 Å². The smallest absolute Gasteiger partial charge is 0.227 e. The third-order valence-corrected chi connectivity index (χ3v) is 4.76. The summed E-state index contributed by atoms with van der Waals surface area (Å²) in [4.78, 5) is 14.6. The Labute approximate surface area is 148 Å². The first-order chi connectivity index (χ1) is 12.0. The fraction of sp³-hybridized carbons (Fsp3) is 0.350. The molecule has 2 aromatic rings. The number of anilines is 1. The number of hydrogen-bond donors (Lipinski definition) is 1. The van der Waals surface area contributed by atoms with Gasteiger partial charge >= 0.3 is 0 Å². The van der Waals surface area contributed by atoms with Gasteiger partial charge in [0.1, 0.15) is 0 Å². The normalized spacial score (nSPS) is 13.3. The zero-order valence-electron chi connectivity index (χ0n) is 15.0. The SMILES string of the molecule is COc1cc2c(cc1OC)CN(C(=O)Cc1ccc(N)c(C)c1)CC2. The molecule has 0 radical (unpaired) electrons. The second-order valence-corrected chi connectivity index (χ2v) is 6.41. The topological polar surface area (TPSA) is 64.8 Å². The standard InChI is InChI=1S/C20H24N2O3/c1-13-8-14(4-5-17(13)21)9-20(23)22-7-6-15-10-18(24-2)19(25-3)11-16(15)12-22/h4-5,8,10-11H,6-7,9,12,21H2,1-3H3. The van der Waals surface area contributed by atoms with E-state index in [1.165, 1.54) is 5.56 Å². The van der Waals surface area contributed by atoms with E-state index in [4.69, 9.17) is 15.2 Å². The van der Waals surface area contributed by atoms with Crippen LogP contribution >= 0.6 is 0 Å². The summed E-state index contributed by atoms with van der Waals surface area (Å²) in [5, 5.41) is 0. The Bertz CT molecular complexity index is 802. The zero-order valence-corrected chi connectivity index (χ0v) is 15.0. The molecule has 5 nitrogen and oxygen atoms in total. The lowest BCUT2D eigenvalue weighted by Crippen LogP contribution is -2.37. The van der Waals surface area contributed by atoms with Crippen molar-refractivity contribution in [3.63, 3.8) is 0 Å². The molecular formula is C20H24N2O3. The first-order valence-corrected chi connectivity index (χ1v) is 8.38. The molecule has 1 amide bonds. The van der Waals surface area contributed by atoms with E-state index in [-0.39, 0.29) is 5.91 Å². The molecule has 3 rings (SSSR count). The minimum absolute atomic E-state index is 0.129. The van der Waals surface area contributed by atoms with Gasteiger partial charge < -0.3 is 20.1 Å². The number of rotatable bonds is 4. The second-order valence-electron chi connectivity index (χ2n) is 6.41. The van der Waals surface area contributed by atoms with E-state index in [9.17, 15) is 4.79 Å². The first kappa shape index (κ1) is 17.1. The zero-order chi connectivity index (χ0) is 18.0. The Morgan fingerprint density at radius 1 is 1.12 bits per heavy atom. The third kappa shape index (κ3) is 3.55. The average Bonchev–Trinajstić information content (AvgIpc) is 2.63. The molecule has 0 aromatic heterocycles. The number of benzene rings is 2. The Balaban J connectivity index is 1.75. The van der Waals surface area contributed by atoms with Crippen molar-refractivity contribution in [2.45, 2.75) is 26.3 Å². The molecule has 0 fully saturated rings. The van der Waals surface area contributed by atoms with Crippen LogP contribution in [-0.2, 0) is 24.2 Å². The number of nitrogens with zero attached hydrogens (tertiary/aromatic N) is 1. The van der Waals surface area contributed by atoms with Crippen molar-refractivity contribution in [3.8, 4) is 11.5 Å². The number of aryl methyl sites for hydroxylation is 1. The van der Waals surface area contributed by atoms with E-state index in [0.29, 0.717) is 18.7 Å². The van der Waals surface area contributed by atoms with Gasteiger partial charge in [0.15, 0.2) is 11.5 Å².